The van der Waals surface area contributed by atoms with Gasteiger partial charge in [-0.2, -0.15) is 5.26 Å². The first-order chi connectivity index (χ1) is 10.7. The Morgan fingerprint density at radius 2 is 1.95 bits per heavy atom. The maximum absolute atomic E-state index is 10.6. The summed E-state index contributed by atoms with van der Waals surface area (Å²) in [6, 6.07) is 15.6. The Hall–Kier alpha value is -3.46. The van der Waals surface area contributed by atoms with E-state index in [1.807, 2.05) is 24.3 Å². The molecule has 0 aliphatic carbocycles. The monoisotopic (exact) mass is 290 g/mol. The highest BCUT2D eigenvalue weighted by Crippen LogP contribution is 2.20. The van der Waals surface area contributed by atoms with E-state index in [9.17, 15) is 15.4 Å². The second kappa shape index (κ2) is 5.50. The van der Waals surface area contributed by atoms with Gasteiger partial charge in [-0.25, -0.2) is 4.98 Å². The first-order valence-electron chi connectivity index (χ1n) is 6.49. The van der Waals surface area contributed by atoms with E-state index in [0.29, 0.717) is 17.0 Å². The van der Waals surface area contributed by atoms with Crippen molar-refractivity contribution in [2.75, 3.05) is 0 Å². The minimum Gasteiger partial charge on any atom is -0.337 e. The highest BCUT2D eigenvalue weighted by Gasteiger charge is 2.08. The van der Waals surface area contributed by atoms with Gasteiger partial charge in [0, 0.05) is 12.1 Å². The van der Waals surface area contributed by atoms with Crippen LogP contribution in [0.1, 0.15) is 11.4 Å². The number of H-pyrrole nitrogens is 1. The third-order valence-corrected chi connectivity index (χ3v) is 3.18. The van der Waals surface area contributed by atoms with Crippen LogP contribution in [-0.4, -0.2) is 14.9 Å². The number of nitrogens with zero attached hydrogens (tertiary/aromatic N) is 3. The molecule has 0 unspecified atom stereocenters. The van der Waals surface area contributed by atoms with Gasteiger partial charge >= 0.3 is 0 Å². The predicted molar refractivity (Wildman–Crippen MR) is 82.7 cm³/mol. The van der Waals surface area contributed by atoms with Crippen molar-refractivity contribution in [3.8, 4) is 6.07 Å². The summed E-state index contributed by atoms with van der Waals surface area (Å²) in [5, 5.41) is 20.0. The molecule has 0 aliphatic heterocycles. The fourth-order valence-electron chi connectivity index (χ4n) is 2.09. The van der Waals surface area contributed by atoms with Crippen LogP contribution in [0.15, 0.2) is 48.5 Å². The molecule has 22 heavy (non-hydrogen) atoms. The van der Waals surface area contributed by atoms with Crippen molar-refractivity contribution in [1.29, 1.82) is 5.26 Å². The lowest BCUT2D eigenvalue weighted by Gasteiger charge is -1.96. The number of benzene rings is 2. The van der Waals surface area contributed by atoms with Crippen molar-refractivity contribution >= 4 is 28.4 Å². The number of nitriles is 1. The fourth-order valence-corrected chi connectivity index (χ4v) is 2.09. The Kier molecular flexibility index (Phi) is 3.38. The molecule has 1 aromatic heterocycles. The lowest BCUT2D eigenvalue weighted by atomic mass is 10.1. The summed E-state index contributed by atoms with van der Waals surface area (Å²) >= 11 is 0. The summed E-state index contributed by atoms with van der Waals surface area (Å²) in [6.45, 7) is 0. The van der Waals surface area contributed by atoms with Crippen LogP contribution in [0.2, 0.25) is 0 Å². The summed E-state index contributed by atoms with van der Waals surface area (Å²) in [5.74, 6) is 0.474. The molecular formula is C16H10N4O2. The molecule has 0 radical (unpaired) electrons. The summed E-state index contributed by atoms with van der Waals surface area (Å²) < 4.78 is 0. The number of nitrogens with one attached hydrogen (secondary N) is 1. The van der Waals surface area contributed by atoms with E-state index >= 15 is 0 Å². The zero-order valence-corrected chi connectivity index (χ0v) is 11.4. The maximum atomic E-state index is 10.6. The van der Waals surface area contributed by atoms with E-state index in [1.165, 1.54) is 12.1 Å². The molecule has 1 N–H and O–H groups in total. The molecule has 2 aromatic carbocycles. The Bertz CT molecular complexity index is 884. The van der Waals surface area contributed by atoms with Crippen LogP contribution >= 0.6 is 0 Å². The van der Waals surface area contributed by atoms with Gasteiger partial charge in [0.25, 0.3) is 5.69 Å². The molecule has 106 valence electrons. The van der Waals surface area contributed by atoms with Gasteiger partial charge in [-0.3, -0.25) is 10.1 Å². The number of imidazole rings is 1. The highest BCUT2D eigenvalue weighted by molar-refractivity contribution is 5.90. The van der Waals surface area contributed by atoms with E-state index in [-0.39, 0.29) is 5.69 Å². The van der Waals surface area contributed by atoms with Crippen LogP contribution in [0.25, 0.3) is 22.7 Å². The van der Waals surface area contributed by atoms with E-state index < -0.39 is 4.92 Å². The van der Waals surface area contributed by atoms with Crippen molar-refractivity contribution in [2.45, 2.75) is 0 Å². The molecule has 0 bridgehead atoms. The SMILES string of the molecule is N#C/C(=C\c1ccc([N+](=O)[O-])cc1)c1nc2ccccc2[nH]1. The van der Waals surface area contributed by atoms with Gasteiger partial charge in [0.15, 0.2) is 0 Å². The number of aromatic nitrogens is 2. The number of nitro benzene ring substituents is 1. The summed E-state index contributed by atoms with van der Waals surface area (Å²) in [7, 11) is 0. The molecule has 0 amide bonds. The number of allylic oxidation sites excluding steroid dienone is 1. The number of fused-ring (bicyclic) bond motifs is 1. The predicted octanol–water partition coefficient (Wildman–Crippen LogP) is 3.54. The third kappa shape index (κ3) is 2.55. The third-order valence-electron chi connectivity index (χ3n) is 3.18. The molecule has 0 saturated heterocycles. The van der Waals surface area contributed by atoms with Crippen molar-refractivity contribution in [3.05, 3.63) is 70.0 Å². The fraction of sp³-hybridized carbons (Fsp3) is 0. The van der Waals surface area contributed by atoms with Crippen LogP contribution in [0, 0.1) is 21.4 Å². The van der Waals surface area contributed by atoms with Gasteiger partial charge in [-0.15, -0.1) is 0 Å². The Morgan fingerprint density at radius 1 is 1.23 bits per heavy atom. The molecule has 0 saturated carbocycles. The minimum absolute atomic E-state index is 0.0133. The molecular weight excluding hydrogens is 280 g/mol. The molecule has 1 heterocycles. The molecule has 0 fully saturated rings. The van der Waals surface area contributed by atoms with Gasteiger partial charge in [-0.1, -0.05) is 12.1 Å². The van der Waals surface area contributed by atoms with Gasteiger partial charge in [-0.05, 0) is 35.9 Å². The van der Waals surface area contributed by atoms with E-state index in [2.05, 4.69) is 16.0 Å². The van der Waals surface area contributed by atoms with Crippen LogP contribution < -0.4 is 0 Å². The van der Waals surface area contributed by atoms with E-state index in [0.717, 1.165) is 11.0 Å². The normalized spacial score (nSPS) is 11.3. The van der Waals surface area contributed by atoms with Crippen LogP contribution in [0.3, 0.4) is 0 Å². The van der Waals surface area contributed by atoms with Crippen LogP contribution in [0.5, 0.6) is 0 Å². The molecule has 6 nitrogen and oxygen atoms in total. The van der Waals surface area contributed by atoms with Gasteiger partial charge in [0.2, 0.25) is 0 Å². The number of para-hydroxylation sites is 2. The highest BCUT2D eigenvalue weighted by atomic mass is 16.6. The number of hydrogen-bond acceptors (Lipinski definition) is 4. The molecule has 6 heteroatoms. The average molecular weight is 290 g/mol. The Balaban J connectivity index is 1.99. The topological polar surface area (TPSA) is 95.6 Å². The largest absolute Gasteiger partial charge is 0.337 e. The Labute approximate surface area is 125 Å². The first-order valence-corrected chi connectivity index (χ1v) is 6.49. The van der Waals surface area contributed by atoms with Crippen LogP contribution in [0.4, 0.5) is 5.69 Å². The second-order valence-corrected chi connectivity index (χ2v) is 4.62. The van der Waals surface area contributed by atoms with Gasteiger partial charge in [0.05, 0.1) is 21.5 Å². The first kappa shape index (κ1) is 13.5. The number of hydrogen-bond donors (Lipinski definition) is 1. The standard InChI is InChI=1S/C16H10N4O2/c17-10-12(9-11-5-7-13(8-6-11)20(21)22)16-18-14-3-1-2-4-15(14)19-16/h1-9H,(H,18,19)/b12-9+. The van der Waals surface area contributed by atoms with E-state index in [1.54, 1.807) is 18.2 Å². The summed E-state index contributed by atoms with van der Waals surface area (Å²) in [5.41, 5.74) is 2.71. The van der Waals surface area contributed by atoms with Gasteiger partial charge < -0.3 is 4.98 Å². The molecule has 3 aromatic rings. The van der Waals surface area contributed by atoms with Crippen molar-refractivity contribution in [1.82, 2.24) is 9.97 Å². The number of aromatic amines is 1. The van der Waals surface area contributed by atoms with Gasteiger partial charge in [0.1, 0.15) is 11.9 Å². The van der Waals surface area contributed by atoms with Crippen molar-refractivity contribution in [2.24, 2.45) is 0 Å². The lowest BCUT2D eigenvalue weighted by Crippen LogP contribution is -1.88. The number of rotatable bonds is 3. The lowest BCUT2D eigenvalue weighted by molar-refractivity contribution is -0.384. The maximum Gasteiger partial charge on any atom is 0.269 e. The van der Waals surface area contributed by atoms with Crippen LogP contribution in [-0.2, 0) is 0 Å². The van der Waals surface area contributed by atoms with E-state index in [4.69, 9.17) is 0 Å². The zero-order valence-electron chi connectivity index (χ0n) is 11.4. The second-order valence-electron chi connectivity index (χ2n) is 4.62. The summed E-state index contributed by atoms with van der Waals surface area (Å²) in [4.78, 5) is 17.6. The quantitative estimate of drug-likeness (QED) is 0.453. The van der Waals surface area contributed by atoms with Crippen molar-refractivity contribution < 1.29 is 4.92 Å². The zero-order chi connectivity index (χ0) is 15.5. The Morgan fingerprint density at radius 3 is 2.59 bits per heavy atom. The number of nitro groups is 1. The summed E-state index contributed by atoms with van der Waals surface area (Å²) in [6.07, 6.45) is 1.64. The molecule has 3 rings (SSSR count). The average Bonchev–Trinajstić information content (AvgIpc) is 2.96. The van der Waals surface area contributed by atoms with Crippen molar-refractivity contribution in [3.63, 3.8) is 0 Å². The molecule has 0 atom stereocenters. The molecule has 0 aliphatic rings. The number of non-ortho nitro benzene ring substituents is 1. The molecule has 0 spiro atoms. The smallest absolute Gasteiger partial charge is 0.269 e. The minimum atomic E-state index is -0.460.